The molecular weight excluding hydrogens is 250 g/mol. The van der Waals surface area contributed by atoms with E-state index in [1.54, 1.807) is 0 Å². The molecular formula is C17H23NO2. The minimum atomic E-state index is -0.285. The fourth-order valence-corrected chi connectivity index (χ4v) is 3.14. The molecule has 1 saturated heterocycles. The fourth-order valence-electron chi connectivity index (χ4n) is 3.14. The smallest absolute Gasteiger partial charge is 0.230 e. The predicted molar refractivity (Wildman–Crippen MR) is 78.6 cm³/mol. The van der Waals surface area contributed by atoms with Crippen molar-refractivity contribution in [3.8, 4) is 0 Å². The molecule has 1 saturated carbocycles. The number of nitrogens with one attached hydrogen (secondary N) is 1. The van der Waals surface area contributed by atoms with E-state index in [0.717, 1.165) is 39.0 Å². The second-order valence-electron chi connectivity index (χ2n) is 6.79. The quantitative estimate of drug-likeness (QED) is 0.915. The molecule has 1 aliphatic heterocycles. The van der Waals surface area contributed by atoms with E-state index in [1.807, 2.05) is 0 Å². The van der Waals surface area contributed by atoms with Crippen LogP contribution in [0.15, 0.2) is 24.3 Å². The molecule has 1 aliphatic carbocycles. The number of ether oxygens (including phenoxy) is 1. The molecule has 1 aromatic rings. The van der Waals surface area contributed by atoms with Gasteiger partial charge in [0, 0.05) is 12.0 Å². The zero-order valence-corrected chi connectivity index (χ0v) is 12.4. The number of aryl methyl sites for hydroxylation is 1. The van der Waals surface area contributed by atoms with Crippen molar-refractivity contribution in [2.45, 2.75) is 38.5 Å². The highest BCUT2D eigenvalue weighted by atomic mass is 16.5. The highest BCUT2D eigenvalue weighted by Crippen LogP contribution is 2.44. The molecule has 108 valence electrons. The van der Waals surface area contributed by atoms with E-state index in [0.29, 0.717) is 0 Å². The molecule has 3 heteroatoms. The van der Waals surface area contributed by atoms with Crippen molar-refractivity contribution in [1.29, 1.82) is 0 Å². The second kappa shape index (κ2) is 4.88. The molecule has 1 amide bonds. The molecule has 3 rings (SSSR count). The van der Waals surface area contributed by atoms with Gasteiger partial charge in [0.25, 0.3) is 0 Å². The van der Waals surface area contributed by atoms with Crippen molar-refractivity contribution >= 4 is 5.91 Å². The van der Waals surface area contributed by atoms with Crippen LogP contribution in [-0.2, 0) is 14.9 Å². The maximum atomic E-state index is 12.7. The van der Waals surface area contributed by atoms with E-state index >= 15 is 0 Å². The summed E-state index contributed by atoms with van der Waals surface area (Å²) in [6, 6.07) is 8.40. The van der Waals surface area contributed by atoms with Crippen LogP contribution >= 0.6 is 0 Å². The van der Waals surface area contributed by atoms with Gasteiger partial charge < -0.3 is 10.1 Å². The Morgan fingerprint density at radius 1 is 1.35 bits per heavy atom. The number of rotatable bonds is 4. The van der Waals surface area contributed by atoms with Crippen LogP contribution in [0.4, 0.5) is 0 Å². The average Bonchev–Trinajstić information content (AvgIpc) is 2.33. The standard InChI is InChI=1S/C17H23NO2/c1-13-5-3-6-14(9-13)17(7-4-8-17)15(19)18-10-16(2)11-20-12-16/h3,5-6,9H,4,7-8,10-12H2,1-2H3,(H,18,19). The number of carbonyl (C=O) groups excluding carboxylic acids is 1. The first-order valence-corrected chi connectivity index (χ1v) is 7.47. The zero-order chi connectivity index (χ0) is 14.2. The lowest BCUT2D eigenvalue weighted by Crippen LogP contribution is -2.54. The number of hydrogen-bond donors (Lipinski definition) is 1. The van der Waals surface area contributed by atoms with Gasteiger partial charge in [-0.3, -0.25) is 4.79 Å². The Kier molecular flexibility index (Phi) is 3.33. The lowest BCUT2D eigenvalue weighted by atomic mass is 9.63. The Bertz CT molecular complexity index is 515. The average molecular weight is 273 g/mol. The summed E-state index contributed by atoms with van der Waals surface area (Å²) in [5.74, 6) is 0.197. The first-order chi connectivity index (χ1) is 9.54. The van der Waals surface area contributed by atoms with Crippen molar-refractivity contribution < 1.29 is 9.53 Å². The van der Waals surface area contributed by atoms with Crippen molar-refractivity contribution in [3.63, 3.8) is 0 Å². The molecule has 1 aromatic carbocycles. The van der Waals surface area contributed by atoms with Gasteiger partial charge >= 0.3 is 0 Å². The summed E-state index contributed by atoms with van der Waals surface area (Å²) in [6.07, 6.45) is 3.08. The highest BCUT2D eigenvalue weighted by Gasteiger charge is 2.46. The van der Waals surface area contributed by atoms with Crippen LogP contribution in [0.25, 0.3) is 0 Å². The lowest BCUT2D eigenvalue weighted by Gasteiger charge is -2.43. The lowest BCUT2D eigenvalue weighted by molar-refractivity contribution is -0.134. The summed E-state index contributed by atoms with van der Waals surface area (Å²) < 4.78 is 5.25. The Morgan fingerprint density at radius 2 is 2.10 bits per heavy atom. The van der Waals surface area contributed by atoms with Gasteiger partial charge in [-0.2, -0.15) is 0 Å². The predicted octanol–water partition coefficient (Wildman–Crippen LogP) is 2.57. The number of benzene rings is 1. The molecule has 0 radical (unpaired) electrons. The van der Waals surface area contributed by atoms with Crippen LogP contribution < -0.4 is 5.32 Å². The summed E-state index contributed by atoms with van der Waals surface area (Å²) in [5.41, 5.74) is 2.25. The summed E-state index contributed by atoms with van der Waals surface area (Å²) in [4.78, 5) is 12.7. The molecule has 0 atom stereocenters. The normalized spacial score (nSPS) is 22.5. The summed E-state index contributed by atoms with van der Waals surface area (Å²) >= 11 is 0. The number of carbonyl (C=O) groups is 1. The fraction of sp³-hybridized carbons (Fsp3) is 0.588. The molecule has 0 aromatic heterocycles. The summed E-state index contributed by atoms with van der Waals surface area (Å²) in [5, 5.41) is 3.17. The Morgan fingerprint density at radius 3 is 2.60 bits per heavy atom. The van der Waals surface area contributed by atoms with E-state index in [2.05, 4.69) is 43.4 Å². The van der Waals surface area contributed by atoms with Crippen LogP contribution in [0.3, 0.4) is 0 Å². The highest BCUT2D eigenvalue weighted by molar-refractivity contribution is 5.89. The number of amides is 1. The first kappa shape index (κ1) is 13.6. The Balaban J connectivity index is 1.73. The van der Waals surface area contributed by atoms with Crippen LogP contribution in [0.1, 0.15) is 37.3 Å². The van der Waals surface area contributed by atoms with Crippen LogP contribution in [0.5, 0.6) is 0 Å². The van der Waals surface area contributed by atoms with E-state index in [9.17, 15) is 4.79 Å². The van der Waals surface area contributed by atoms with E-state index < -0.39 is 0 Å². The molecule has 0 bridgehead atoms. The molecule has 2 aliphatic rings. The molecule has 1 N–H and O–H groups in total. The van der Waals surface area contributed by atoms with E-state index in [-0.39, 0.29) is 16.7 Å². The SMILES string of the molecule is Cc1cccc(C2(C(=O)NCC3(C)COC3)CCC2)c1. The second-order valence-corrected chi connectivity index (χ2v) is 6.79. The van der Waals surface area contributed by atoms with Gasteiger partial charge in [0.15, 0.2) is 0 Å². The van der Waals surface area contributed by atoms with Gasteiger partial charge in [0.1, 0.15) is 0 Å². The van der Waals surface area contributed by atoms with Crippen molar-refractivity contribution in [2.75, 3.05) is 19.8 Å². The number of hydrogen-bond acceptors (Lipinski definition) is 2. The summed E-state index contributed by atoms with van der Waals surface area (Å²) in [6.45, 7) is 6.48. The maximum absolute atomic E-state index is 12.7. The molecule has 0 unspecified atom stereocenters. The minimum absolute atomic E-state index is 0.132. The third-order valence-corrected chi connectivity index (χ3v) is 4.79. The first-order valence-electron chi connectivity index (χ1n) is 7.47. The maximum Gasteiger partial charge on any atom is 0.230 e. The van der Waals surface area contributed by atoms with Gasteiger partial charge in [0.2, 0.25) is 5.91 Å². The van der Waals surface area contributed by atoms with Crippen molar-refractivity contribution in [1.82, 2.24) is 5.32 Å². The van der Waals surface area contributed by atoms with Crippen molar-refractivity contribution in [2.24, 2.45) is 5.41 Å². The third-order valence-electron chi connectivity index (χ3n) is 4.79. The molecule has 0 spiro atoms. The van der Waals surface area contributed by atoms with Crippen LogP contribution in [-0.4, -0.2) is 25.7 Å². The molecule has 2 fully saturated rings. The van der Waals surface area contributed by atoms with Gasteiger partial charge in [-0.25, -0.2) is 0 Å². The topological polar surface area (TPSA) is 38.3 Å². The van der Waals surface area contributed by atoms with Gasteiger partial charge in [-0.1, -0.05) is 43.2 Å². The van der Waals surface area contributed by atoms with Gasteiger partial charge in [0.05, 0.1) is 18.6 Å². The Labute approximate surface area is 120 Å². The third kappa shape index (κ3) is 2.24. The Hall–Kier alpha value is -1.35. The molecule has 20 heavy (non-hydrogen) atoms. The van der Waals surface area contributed by atoms with Crippen LogP contribution in [0.2, 0.25) is 0 Å². The largest absolute Gasteiger partial charge is 0.380 e. The summed E-state index contributed by atoms with van der Waals surface area (Å²) in [7, 11) is 0. The van der Waals surface area contributed by atoms with Crippen LogP contribution in [0, 0.1) is 12.3 Å². The molecule has 1 heterocycles. The minimum Gasteiger partial charge on any atom is -0.380 e. The van der Waals surface area contributed by atoms with Crippen molar-refractivity contribution in [3.05, 3.63) is 35.4 Å². The van der Waals surface area contributed by atoms with E-state index in [1.165, 1.54) is 11.1 Å². The zero-order valence-electron chi connectivity index (χ0n) is 12.4. The van der Waals surface area contributed by atoms with Gasteiger partial charge in [-0.05, 0) is 25.3 Å². The molecule has 3 nitrogen and oxygen atoms in total. The van der Waals surface area contributed by atoms with Gasteiger partial charge in [-0.15, -0.1) is 0 Å². The monoisotopic (exact) mass is 273 g/mol. The van der Waals surface area contributed by atoms with E-state index in [4.69, 9.17) is 4.74 Å².